The van der Waals surface area contributed by atoms with Crippen LogP contribution in [0.15, 0.2) is 24.3 Å². The van der Waals surface area contributed by atoms with Gasteiger partial charge < -0.3 is 0 Å². The van der Waals surface area contributed by atoms with Crippen LogP contribution in [0, 0.1) is 0 Å². The molecular weight excluding hydrogens is 130 g/mol. The average Bonchev–Trinajstić information content (AvgIpc) is 1.83. The van der Waals surface area contributed by atoms with Gasteiger partial charge in [-0.15, -0.1) is 0 Å². The average molecular weight is 137 g/mol. The predicted molar refractivity (Wildman–Crippen MR) is 36.0 cm³/mol. The fourth-order valence-electron chi connectivity index (χ4n) is 0.633. The number of hydrogen-bond acceptors (Lipinski definition) is 2. The number of carbonyl (C=O) groups is 2. The maximum atomic E-state index is 10.6. The van der Waals surface area contributed by atoms with Crippen molar-refractivity contribution in [2.45, 2.75) is 6.42 Å². The van der Waals surface area contributed by atoms with Crippen LogP contribution >= 0.6 is 0 Å². The van der Waals surface area contributed by atoms with E-state index in [1.54, 1.807) is 12.2 Å². The van der Waals surface area contributed by atoms with Gasteiger partial charge in [0, 0.05) is 0 Å². The van der Waals surface area contributed by atoms with Crippen molar-refractivity contribution in [1.82, 2.24) is 5.32 Å². The first-order valence-corrected chi connectivity index (χ1v) is 2.97. The van der Waals surface area contributed by atoms with Gasteiger partial charge in [0.25, 0.3) is 0 Å². The Morgan fingerprint density at radius 2 is 1.60 bits per heavy atom. The molecule has 0 unspecified atom stereocenters. The molecule has 0 saturated carbocycles. The summed E-state index contributed by atoms with van der Waals surface area (Å²) >= 11 is 0. The first-order valence-electron chi connectivity index (χ1n) is 2.97. The van der Waals surface area contributed by atoms with E-state index in [0.717, 1.165) is 0 Å². The fourth-order valence-corrected chi connectivity index (χ4v) is 0.633. The maximum Gasteiger partial charge on any atom is 0.250 e. The number of rotatable bonds is 0. The van der Waals surface area contributed by atoms with E-state index in [1.807, 2.05) is 0 Å². The Morgan fingerprint density at radius 3 is 2.10 bits per heavy atom. The second kappa shape index (κ2) is 2.96. The SMILES string of the molecule is O=C1C=CCC=CC(=O)N1. The largest absolute Gasteiger partial charge is 0.289 e. The van der Waals surface area contributed by atoms with Gasteiger partial charge in [0.15, 0.2) is 0 Å². The van der Waals surface area contributed by atoms with Gasteiger partial charge in [-0.2, -0.15) is 0 Å². The molecule has 0 bridgehead atoms. The molecule has 0 aromatic carbocycles. The van der Waals surface area contributed by atoms with Crippen molar-refractivity contribution in [2.75, 3.05) is 0 Å². The Morgan fingerprint density at radius 1 is 1.10 bits per heavy atom. The molecule has 1 N–H and O–H groups in total. The van der Waals surface area contributed by atoms with Gasteiger partial charge in [-0.05, 0) is 18.6 Å². The van der Waals surface area contributed by atoms with Crippen LogP contribution in [0.3, 0.4) is 0 Å². The van der Waals surface area contributed by atoms with Crippen LogP contribution in [0.2, 0.25) is 0 Å². The van der Waals surface area contributed by atoms with Crippen molar-refractivity contribution in [1.29, 1.82) is 0 Å². The van der Waals surface area contributed by atoms with Crippen molar-refractivity contribution < 1.29 is 9.59 Å². The Labute approximate surface area is 58.4 Å². The fraction of sp³-hybridized carbons (Fsp3) is 0.143. The lowest BCUT2D eigenvalue weighted by molar-refractivity contribution is -0.125. The molecule has 52 valence electrons. The second-order valence-electron chi connectivity index (χ2n) is 1.89. The molecule has 0 saturated heterocycles. The van der Waals surface area contributed by atoms with E-state index >= 15 is 0 Å². The summed E-state index contributed by atoms with van der Waals surface area (Å²) in [5, 5.41) is 2.13. The molecule has 0 fully saturated rings. The normalized spacial score (nSPS) is 18.0. The third-order valence-electron chi connectivity index (χ3n) is 1.06. The summed E-state index contributed by atoms with van der Waals surface area (Å²) < 4.78 is 0. The lowest BCUT2D eigenvalue weighted by Gasteiger charge is -1.96. The van der Waals surface area contributed by atoms with Crippen molar-refractivity contribution in [3.63, 3.8) is 0 Å². The molecule has 0 aliphatic carbocycles. The summed E-state index contributed by atoms with van der Waals surface area (Å²) in [6.07, 6.45) is 6.72. The molecule has 1 aliphatic rings. The topological polar surface area (TPSA) is 46.2 Å². The molecule has 1 rings (SSSR count). The third kappa shape index (κ3) is 1.85. The highest BCUT2D eigenvalue weighted by Gasteiger charge is 2.00. The Bertz CT molecular complexity index is 194. The molecular formula is C7H7NO2. The number of hydrogen-bond donors (Lipinski definition) is 1. The molecule has 0 spiro atoms. The van der Waals surface area contributed by atoms with Crippen LogP contribution in [0.25, 0.3) is 0 Å². The Hall–Kier alpha value is -1.38. The standard InChI is InChI=1S/C7H7NO2/c9-6-4-2-1-3-5-7(10)8-6/h2-5H,1H2,(H,8,9,10). The molecule has 0 aromatic heterocycles. The molecule has 10 heavy (non-hydrogen) atoms. The van der Waals surface area contributed by atoms with Crippen LogP contribution in [0.5, 0.6) is 0 Å². The van der Waals surface area contributed by atoms with E-state index in [-0.39, 0.29) is 11.8 Å². The highest BCUT2D eigenvalue weighted by molar-refractivity contribution is 6.05. The van der Waals surface area contributed by atoms with Crippen LogP contribution in [0.4, 0.5) is 0 Å². The van der Waals surface area contributed by atoms with Gasteiger partial charge in [0.05, 0.1) is 0 Å². The van der Waals surface area contributed by atoms with Crippen molar-refractivity contribution in [3.8, 4) is 0 Å². The van der Waals surface area contributed by atoms with E-state index in [4.69, 9.17) is 0 Å². The number of amides is 2. The number of nitrogens with one attached hydrogen (secondary N) is 1. The molecule has 3 heteroatoms. The Kier molecular flexibility index (Phi) is 1.99. The number of imide groups is 1. The molecule has 0 aromatic rings. The summed E-state index contributed by atoms with van der Waals surface area (Å²) in [7, 11) is 0. The number of allylic oxidation sites excluding steroid dienone is 2. The van der Waals surface area contributed by atoms with Crippen LogP contribution in [0.1, 0.15) is 6.42 Å². The zero-order valence-electron chi connectivity index (χ0n) is 5.33. The van der Waals surface area contributed by atoms with Gasteiger partial charge in [-0.3, -0.25) is 14.9 Å². The molecule has 2 amide bonds. The van der Waals surface area contributed by atoms with E-state index in [0.29, 0.717) is 6.42 Å². The summed E-state index contributed by atoms with van der Waals surface area (Å²) in [5.74, 6) is -0.705. The molecule has 3 nitrogen and oxygen atoms in total. The highest BCUT2D eigenvalue weighted by Crippen LogP contribution is 1.89. The molecule has 0 radical (unpaired) electrons. The lowest BCUT2D eigenvalue weighted by atomic mass is 10.3. The van der Waals surface area contributed by atoms with E-state index in [9.17, 15) is 9.59 Å². The minimum absolute atomic E-state index is 0.352. The minimum atomic E-state index is -0.352. The van der Waals surface area contributed by atoms with Crippen LogP contribution in [-0.2, 0) is 9.59 Å². The number of carbonyl (C=O) groups excluding carboxylic acids is 2. The van der Waals surface area contributed by atoms with Gasteiger partial charge in [-0.25, -0.2) is 0 Å². The van der Waals surface area contributed by atoms with E-state index in [2.05, 4.69) is 5.32 Å². The van der Waals surface area contributed by atoms with Gasteiger partial charge in [-0.1, -0.05) is 12.2 Å². The maximum absolute atomic E-state index is 10.6. The molecule has 1 heterocycles. The minimum Gasteiger partial charge on any atom is -0.289 e. The monoisotopic (exact) mass is 137 g/mol. The van der Waals surface area contributed by atoms with E-state index < -0.39 is 0 Å². The van der Waals surface area contributed by atoms with Gasteiger partial charge >= 0.3 is 0 Å². The summed E-state index contributed by atoms with van der Waals surface area (Å²) in [6, 6.07) is 0. The quantitative estimate of drug-likeness (QED) is 0.483. The van der Waals surface area contributed by atoms with Gasteiger partial charge in [0.2, 0.25) is 11.8 Å². The van der Waals surface area contributed by atoms with Crippen LogP contribution < -0.4 is 5.32 Å². The zero-order valence-corrected chi connectivity index (χ0v) is 5.33. The summed E-state index contributed by atoms with van der Waals surface area (Å²) in [6.45, 7) is 0. The molecule has 0 atom stereocenters. The van der Waals surface area contributed by atoms with E-state index in [1.165, 1.54) is 12.2 Å². The first-order chi connectivity index (χ1) is 4.79. The zero-order chi connectivity index (χ0) is 7.40. The summed E-state index contributed by atoms with van der Waals surface area (Å²) in [5.41, 5.74) is 0. The summed E-state index contributed by atoms with van der Waals surface area (Å²) in [4.78, 5) is 21.2. The Balaban J connectivity index is 2.68. The molecule has 1 aliphatic heterocycles. The lowest BCUT2D eigenvalue weighted by Crippen LogP contribution is -2.27. The smallest absolute Gasteiger partial charge is 0.250 e. The second-order valence-corrected chi connectivity index (χ2v) is 1.89. The predicted octanol–water partition coefficient (Wildman–Crippen LogP) is 0.145. The van der Waals surface area contributed by atoms with Crippen LogP contribution in [-0.4, -0.2) is 11.8 Å². The first kappa shape index (κ1) is 6.74. The van der Waals surface area contributed by atoms with Gasteiger partial charge in [0.1, 0.15) is 0 Å². The van der Waals surface area contributed by atoms with Crippen molar-refractivity contribution in [3.05, 3.63) is 24.3 Å². The van der Waals surface area contributed by atoms with Crippen molar-refractivity contribution >= 4 is 11.8 Å². The third-order valence-corrected chi connectivity index (χ3v) is 1.06. The van der Waals surface area contributed by atoms with Crippen molar-refractivity contribution in [2.24, 2.45) is 0 Å². The highest BCUT2D eigenvalue weighted by atomic mass is 16.2.